The first-order chi connectivity index (χ1) is 11.4. The Balaban J connectivity index is 1.78. The van der Waals surface area contributed by atoms with E-state index in [1.54, 1.807) is 13.0 Å². The second kappa shape index (κ2) is 4.48. The van der Waals surface area contributed by atoms with Crippen molar-refractivity contribution in [2.75, 3.05) is 19.3 Å². The minimum Gasteiger partial charge on any atom is -0.504 e. The molecule has 4 aliphatic rings. The fourth-order valence-electron chi connectivity index (χ4n) is 5.78. The third kappa shape index (κ3) is 1.49. The number of thioether (sulfide) groups is 1. The highest BCUT2D eigenvalue weighted by Gasteiger charge is 2.70. The number of aromatic hydroxyl groups is 1. The zero-order valence-corrected chi connectivity index (χ0v) is 14.7. The van der Waals surface area contributed by atoms with Gasteiger partial charge in [0.25, 0.3) is 0 Å². The van der Waals surface area contributed by atoms with Gasteiger partial charge in [-0.05, 0) is 11.6 Å². The Kier molecular flexibility index (Phi) is 2.81. The van der Waals surface area contributed by atoms with Crippen LogP contribution in [0.4, 0.5) is 0 Å². The first kappa shape index (κ1) is 15.0. The van der Waals surface area contributed by atoms with Gasteiger partial charge in [-0.15, -0.1) is 11.8 Å². The Labute approximate surface area is 145 Å². The Hall–Kier alpha value is -1.24. The van der Waals surface area contributed by atoms with Crippen LogP contribution in [-0.4, -0.2) is 57.5 Å². The quantitative estimate of drug-likeness (QED) is 0.694. The van der Waals surface area contributed by atoms with Crippen molar-refractivity contribution in [3.63, 3.8) is 0 Å². The van der Waals surface area contributed by atoms with Crippen LogP contribution in [0.15, 0.2) is 12.1 Å². The van der Waals surface area contributed by atoms with Gasteiger partial charge in [-0.2, -0.15) is 0 Å². The van der Waals surface area contributed by atoms with E-state index in [0.717, 1.165) is 30.7 Å². The Morgan fingerprint density at radius 2 is 2.25 bits per heavy atom. The topological polar surface area (TPSA) is 66.8 Å². The average Bonchev–Trinajstić information content (AvgIpc) is 2.90. The Morgan fingerprint density at radius 3 is 3.00 bits per heavy atom. The van der Waals surface area contributed by atoms with Crippen molar-refractivity contribution in [3.05, 3.63) is 23.3 Å². The number of amides is 1. The predicted octanol–water partition coefficient (Wildman–Crippen LogP) is 1.39. The molecular weight excluding hydrogens is 326 g/mol. The zero-order chi connectivity index (χ0) is 16.9. The highest BCUT2D eigenvalue weighted by molar-refractivity contribution is 7.99. The van der Waals surface area contributed by atoms with Crippen molar-refractivity contribution in [3.8, 4) is 11.5 Å². The molecular formula is C18H22NO4S+. The Bertz CT molecular complexity index is 768. The number of nitrogens with zero attached hydrogens (tertiary/aromatic N) is 1. The maximum absolute atomic E-state index is 12.5. The van der Waals surface area contributed by atoms with Gasteiger partial charge in [0.05, 0.1) is 25.9 Å². The molecule has 1 aromatic rings. The summed E-state index contributed by atoms with van der Waals surface area (Å²) in [5.74, 6) is 2.07. The van der Waals surface area contributed by atoms with Crippen LogP contribution >= 0.6 is 11.8 Å². The molecule has 24 heavy (non-hydrogen) atoms. The summed E-state index contributed by atoms with van der Waals surface area (Å²) in [5, 5.41) is 20.9. The number of rotatable bonds is 0. The summed E-state index contributed by atoms with van der Waals surface area (Å²) in [6.07, 6.45) is 1.32. The molecule has 5 nitrogen and oxygen atoms in total. The summed E-state index contributed by atoms with van der Waals surface area (Å²) in [6, 6.07) is 3.88. The molecule has 2 bridgehead atoms. The number of carbonyl (C=O) groups excluding carboxylic acids is 1. The summed E-state index contributed by atoms with van der Waals surface area (Å²) in [4.78, 5) is 12.5. The SMILES string of the molecule is CC(=O)[N+]1(C)CC[C@]23c4c5ccc(O)c4O[C@H]2[C@@H](O)SC[C@H]3[C@H]1C5. The van der Waals surface area contributed by atoms with Crippen molar-refractivity contribution in [2.45, 2.75) is 42.8 Å². The maximum Gasteiger partial charge on any atom is 0.310 e. The van der Waals surface area contributed by atoms with Crippen LogP contribution in [0, 0.1) is 5.92 Å². The third-order valence-corrected chi connectivity index (χ3v) is 8.28. The zero-order valence-electron chi connectivity index (χ0n) is 13.9. The van der Waals surface area contributed by atoms with Crippen LogP contribution in [0.3, 0.4) is 0 Å². The van der Waals surface area contributed by atoms with Gasteiger partial charge < -0.3 is 14.9 Å². The molecule has 0 aromatic heterocycles. The van der Waals surface area contributed by atoms with Gasteiger partial charge in [0.15, 0.2) is 11.5 Å². The van der Waals surface area contributed by atoms with Crippen molar-refractivity contribution in [1.82, 2.24) is 0 Å². The lowest BCUT2D eigenvalue weighted by Crippen LogP contribution is -2.73. The number of aliphatic hydroxyl groups is 1. The number of piperidine rings is 1. The molecule has 5 rings (SSSR count). The molecule has 1 aromatic carbocycles. The average molecular weight is 348 g/mol. The molecule has 6 atom stereocenters. The van der Waals surface area contributed by atoms with E-state index in [0.29, 0.717) is 10.2 Å². The van der Waals surface area contributed by atoms with E-state index in [2.05, 4.69) is 7.05 Å². The second-order valence-corrected chi connectivity index (χ2v) is 9.04. The normalized spacial score (nSPS) is 44.6. The number of quaternary nitrogens is 1. The number of aliphatic hydroxyl groups excluding tert-OH is 1. The summed E-state index contributed by atoms with van der Waals surface area (Å²) >= 11 is 1.52. The number of likely N-dealkylation sites (tertiary alicyclic amines) is 1. The minimum atomic E-state index is -0.589. The van der Waals surface area contributed by atoms with E-state index in [4.69, 9.17) is 4.74 Å². The molecule has 1 amide bonds. The van der Waals surface area contributed by atoms with Gasteiger partial charge in [0.2, 0.25) is 0 Å². The van der Waals surface area contributed by atoms with Crippen molar-refractivity contribution in [1.29, 1.82) is 0 Å². The van der Waals surface area contributed by atoms with Crippen LogP contribution in [-0.2, 0) is 16.6 Å². The first-order valence-electron chi connectivity index (χ1n) is 8.57. The lowest BCUT2D eigenvalue weighted by Gasteiger charge is -2.59. The van der Waals surface area contributed by atoms with E-state index in [-0.39, 0.29) is 35.1 Å². The standard InChI is InChI=1S/C18H21NO4S/c1-9(20)19(2)6-5-18-11-8-24-17(22)16(18)23-15-13(21)4-3-10(14(15)18)7-12(11)19/h3-4,11-12,16-17,22H,5-8H2,1-2H3/p+1/t11-,12+,16-,17-,18-,19?/m0/s1. The number of hydrogen-bond acceptors (Lipinski definition) is 5. The van der Waals surface area contributed by atoms with E-state index >= 15 is 0 Å². The summed E-state index contributed by atoms with van der Waals surface area (Å²) in [7, 11) is 2.06. The Morgan fingerprint density at radius 1 is 1.46 bits per heavy atom. The van der Waals surface area contributed by atoms with Gasteiger partial charge in [0.1, 0.15) is 17.6 Å². The predicted molar refractivity (Wildman–Crippen MR) is 90.0 cm³/mol. The van der Waals surface area contributed by atoms with Crippen molar-refractivity contribution in [2.24, 2.45) is 5.92 Å². The molecule has 2 fully saturated rings. The summed E-state index contributed by atoms with van der Waals surface area (Å²) in [5.41, 5.74) is 1.44. The molecule has 3 aliphatic heterocycles. The number of carbonyl (C=O) groups is 1. The number of phenolic OH excluding ortho intramolecular Hbond substituents is 1. The van der Waals surface area contributed by atoms with Gasteiger partial charge in [-0.1, -0.05) is 6.07 Å². The van der Waals surface area contributed by atoms with Crippen LogP contribution in [0.1, 0.15) is 24.5 Å². The summed E-state index contributed by atoms with van der Waals surface area (Å²) < 4.78 is 6.60. The van der Waals surface area contributed by atoms with Crippen LogP contribution in [0.5, 0.6) is 11.5 Å². The molecule has 0 saturated carbocycles. The maximum atomic E-state index is 12.5. The fourth-order valence-corrected chi connectivity index (χ4v) is 7.18. The fraction of sp³-hybridized carbons (Fsp3) is 0.611. The lowest BCUT2D eigenvalue weighted by atomic mass is 9.55. The number of ether oxygens (including phenoxy) is 1. The van der Waals surface area contributed by atoms with Gasteiger partial charge in [-0.25, -0.2) is 4.79 Å². The van der Waals surface area contributed by atoms with Crippen molar-refractivity contribution < 1.29 is 24.2 Å². The second-order valence-electron chi connectivity index (χ2n) is 7.89. The molecule has 6 heteroatoms. The molecule has 1 aliphatic carbocycles. The van der Waals surface area contributed by atoms with Gasteiger partial charge in [0, 0.05) is 30.1 Å². The molecule has 0 radical (unpaired) electrons. The molecule has 1 spiro atoms. The highest BCUT2D eigenvalue weighted by atomic mass is 32.2. The largest absolute Gasteiger partial charge is 0.504 e. The van der Waals surface area contributed by atoms with Crippen LogP contribution < -0.4 is 4.74 Å². The van der Waals surface area contributed by atoms with E-state index in [1.165, 1.54) is 17.3 Å². The highest BCUT2D eigenvalue weighted by Crippen LogP contribution is 2.64. The van der Waals surface area contributed by atoms with Crippen molar-refractivity contribution >= 4 is 17.7 Å². The monoisotopic (exact) mass is 348 g/mol. The molecule has 128 valence electrons. The van der Waals surface area contributed by atoms with Crippen LogP contribution in [0.25, 0.3) is 0 Å². The van der Waals surface area contributed by atoms with Gasteiger partial charge >= 0.3 is 5.91 Å². The number of likely N-dealkylation sites (N-methyl/N-ethyl adjacent to an activating group) is 1. The molecule has 2 saturated heterocycles. The third-order valence-electron chi connectivity index (χ3n) is 7.14. The molecule has 1 unspecified atom stereocenters. The minimum absolute atomic E-state index is 0.168. The number of benzene rings is 1. The molecule has 2 N–H and O–H groups in total. The van der Waals surface area contributed by atoms with Gasteiger partial charge in [-0.3, -0.25) is 4.48 Å². The molecule has 3 heterocycles. The van der Waals surface area contributed by atoms with Crippen LogP contribution in [0.2, 0.25) is 0 Å². The van der Waals surface area contributed by atoms with E-state index in [9.17, 15) is 15.0 Å². The smallest absolute Gasteiger partial charge is 0.310 e. The van der Waals surface area contributed by atoms with E-state index in [1.807, 2.05) is 6.07 Å². The van der Waals surface area contributed by atoms with E-state index < -0.39 is 5.44 Å². The first-order valence-corrected chi connectivity index (χ1v) is 9.62. The number of hydrogen-bond donors (Lipinski definition) is 2. The lowest BCUT2D eigenvalue weighted by molar-refractivity contribution is -0.873. The summed E-state index contributed by atoms with van der Waals surface area (Å²) in [6.45, 7) is 2.46. The number of phenols is 1.